The van der Waals surface area contributed by atoms with Crippen molar-refractivity contribution in [3.63, 3.8) is 0 Å². The third-order valence-electron chi connectivity index (χ3n) is 1.57. The van der Waals surface area contributed by atoms with Gasteiger partial charge in [-0.3, -0.25) is 0 Å². The molecule has 1 aliphatic heterocycles. The highest BCUT2D eigenvalue weighted by atomic mass is 32.1. The molecular formula is C7H11N3S. The van der Waals surface area contributed by atoms with Gasteiger partial charge in [-0.1, -0.05) is 18.3 Å². The summed E-state index contributed by atoms with van der Waals surface area (Å²) in [5.41, 5.74) is 11.4. The average Bonchev–Trinajstić information content (AvgIpc) is 1.85. The number of nitrogens with two attached hydrogens (primary N) is 2. The van der Waals surface area contributed by atoms with Crippen LogP contribution in [0.25, 0.3) is 0 Å². The van der Waals surface area contributed by atoms with Gasteiger partial charge in [-0.15, -0.1) is 0 Å². The van der Waals surface area contributed by atoms with E-state index >= 15 is 0 Å². The molecule has 0 saturated carbocycles. The molecule has 4 heteroatoms. The molecule has 0 aliphatic carbocycles. The maximum atomic E-state index is 5.82. The molecule has 0 bridgehead atoms. The highest BCUT2D eigenvalue weighted by molar-refractivity contribution is 7.80. The van der Waals surface area contributed by atoms with Crippen LogP contribution in [0.4, 0.5) is 0 Å². The van der Waals surface area contributed by atoms with Gasteiger partial charge in [0.25, 0.3) is 0 Å². The SMILES string of the molecule is CC1(N)NC=CC=C1C(N)=S. The number of thiocarbonyl (C=S) groups is 1. The van der Waals surface area contributed by atoms with Gasteiger partial charge >= 0.3 is 0 Å². The second-order valence-corrected chi connectivity index (χ2v) is 3.09. The lowest BCUT2D eigenvalue weighted by atomic mass is 10.0. The second-order valence-electron chi connectivity index (χ2n) is 2.65. The highest BCUT2D eigenvalue weighted by Gasteiger charge is 2.25. The molecule has 11 heavy (non-hydrogen) atoms. The molecule has 0 radical (unpaired) electrons. The van der Waals surface area contributed by atoms with Crippen molar-refractivity contribution in [1.82, 2.24) is 5.32 Å². The maximum absolute atomic E-state index is 5.82. The van der Waals surface area contributed by atoms with Crippen molar-refractivity contribution in [1.29, 1.82) is 0 Å². The van der Waals surface area contributed by atoms with Gasteiger partial charge in [-0.05, 0) is 19.2 Å². The molecule has 0 spiro atoms. The lowest BCUT2D eigenvalue weighted by molar-refractivity contribution is 0.503. The molecule has 0 saturated heterocycles. The maximum Gasteiger partial charge on any atom is 0.112 e. The minimum atomic E-state index is -0.624. The summed E-state index contributed by atoms with van der Waals surface area (Å²) in [7, 11) is 0. The third kappa shape index (κ3) is 1.58. The number of nitrogens with one attached hydrogen (secondary N) is 1. The zero-order valence-electron chi connectivity index (χ0n) is 6.29. The summed E-state index contributed by atoms with van der Waals surface area (Å²) in [6, 6.07) is 0. The molecule has 1 unspecified atom stereocenters. The van der Waals surface area contributed by atoms with Gasteiger partial charge < -0.3 is 16.8 Å². The first-order valence-electron chi connectivity index (χ1n) is 3.28. The van der Waals surface area contributed by atoms with Gasteiger partial charge in [0.15, 0.2) is 0 Å². The van der Waals surface area contributed by atoms with Crippen LogP contribution in [-0.2, 0) is 0 Å². The molecule has 0 amide bonds. The largest absolute Gasteiger partial charge is 0.390 e. The summed E-state index contributed by atoms with van der Waals surface area (Å²) in [6.45, 7) is 1.82. The van der Waals surface area contributed by atoms with Crippen molar-refractivity contribution in [2.24, 2.45) is 11.5 Å². The van der Waals surface area contributed by atoms with Gasteiger partial charge in [0.2, 0.25) is 0 Å². The average molecular weight is 169 g/mol. The van der Waals surface area contributed by atoms with Crippen molar-refractivity contribution in [3.05, 3.63) is 23.9 Å². The molecule has 3 nitrogen and oxygen atoms in total. The standard InChI is InChI=1S/C7H11N3S/c1-7(9)5(6(8)11)3-2-4-10-7/h2-4,10H,9H2,1H3,(H2,8,11). The number of rotatable bonds is 1. The van der Waals surface area contributed by atoms with E-state index in [2.05, 4.69) is 5.32 Å². The van der Waals surface area contributed by atoms with Crippen molar-refractivity contribution >= 4 is 17.2 Å². The lowest BCUT2D eigenvalue weighted by Crippen LogP contribution is -2.53. The number of hydrogen-bond donors (Lipinski definition) is 3. The van der Waals surface area contributed by atoms with Crippen molar-refractivity contribution in [2.75, 3.05) is 0 Å². The van der Waals surface area contributed by atoms with Crippen LogP contribution in [0.3, 0.4) is 0 Å². The fraction of sp³-hybridized carbons (Fsp3) is 0.286. The Morgan fingerprint density at radius 1 is 1.73 bits per heavy atom. The molecule has 1 rings (SSSR count). The molecule has 0 aromatic carbocycles. The molecule has 5 N–H and O–H groups in total. The summed E-state index contributed by atoms with van der Waals surface area (Å²) < 4.78 is 0. The van der Waals surface area contributed by atoms with Crippen LogP contribution >= 0.6 is 12.2 Å². The first-order chi connectivity index (χ1) is 5.04. The quantitative estimate of drug-likeness (QED) is 0.483. The minimum absolute atomic E-state index is 0.340. The third-order valence-corrected chi connectivity index (χ3v) is 1.79. The Bertz CT molecular complexity index is 240. The number of dihydropyridines is 1. The normalized spacial score (nSPS) is 29.1. The summed E-state index contributed by atoms with van der Waals surface area (Å²) >= 11 is 4.82. The zero-order valence-corrected chi connectivity index (χ0v) is 7.11. The predicted molar refractivity (Wildman–Crippen MR) is 49.7 cm³/mol. The van der Waals surface area contributed by atoms with E-state index in [1.807, 2.05) is 19.1 Å². The van der Waals surface area contributed by atoms with Gasteiger partial charge in [-0.25, -0.2) is 0 Å². The van der Waals surface area contributed by atoms with Gasteiger partial charge in [0, 0.05) is 5.57 Å². The first kappa shape index (κ1) is 8.23. The Morgan fingerprint density at radius 2 is 2.36 bits per heavy atom. The topological polar surface area (TPSA) is 64.1 Å². The van der Waals surface area contributed by atoms with E-state index in [-0.39, 0.29) is 0 Å². The van der Waals surface area contributed by atoms with Crippen LogP contribution in [0.5, 0.6) is 0 Å². The Morgan fingerprint density at radius 3 is 2.73 bits per heavy atom. The van der Waals surface area contributed by atoms with Crippen molar-refractivity contribution < 1.29 is 0 Å². The van der Waals surface area contributed by atoms with E-state index in [1.165, 1.54) is 0 Å². The molecule has 0 aromatic heterocycles. The summed E-state index contributed by atoms with van der Waals surface area (Å²) in [5, 5.41) is 2.95. The fourth-order valence-electron chi connectivity index (χ4n) is 0.954. The lowest BCUT2D eigenvalue weighted by Gasteiger charge is -2.29. The van der Waals surface area contributed by atoms with Crippen LogP contribution in [0.15, 0.2) is 23.9 Å². The van der Waals surface area contributed by atoms with E-state index in [1.54, 1.807) is 6.20 Å². The van der Waals surface area contributed by atoms with Crippen LogP contribution in [0.1, 0.15) is 6.92 Å². The Hall–Kier alpha value is -0.870. The minimum Gasteiger partial charge on any atom is -0.390 e. The summed E-state index contributed by atoms with van der Waals surface area (Å²) in [6.07, 6.45) is 5.41. The van der Waals surface area contributed by atoms with Crippen molar-refractivity contribution in [3.8, 4) is 0 Å². The van der Waals surface area contributed by atoms with E-state index < -0.39 is 5.66 Å². The van der Waals surface area contributed by atoms with Gasteiger partial charge in [0.05, 0.1) is 0 Å². The Balaban J connectivity index is 2.97. The molecule has 1 aliphatic rings. The van der Waals surface area contributed by atoms with E-state index in [4.69, 9.17) is 23.7 Å². The monoisotopic (exact) mass is 169 g/mol. The Kier molecular flexibility index (Phi) is 1.97. The van der Waals surface area contributed by atoms with Crippen LogP contribution in [-0.4, -0.2) is 10.7 Å². The van der Waals surface area contributed by atoms with E-state index in [0.717, 1.165) is 5.57 Å². The molecule has 1 heterocycles. The molecular weight excluding hydrogens is 158 g/mol. The fourth-order valence-corrected chi connectivity index (χ4v) is 1.23. The van der Waals surface area contributed by atoms with Crippen LogP contribution in [0.2, 0.25) is 0 Å². The number of allylic oxidation sites excluding steroid dienone is 2. The highest BCUT2D eigenvalue weighted by Crippen LogP contribution is 2.13. The summed E-state index contributed by atoms with van der Waals surface area (Å²) in [5.74, 6) is 0. The molecule has 0 aromatic rings. The van der Waals surface area contributed by atoms with Gasteiger partial charge in [-0.2, -0.15) is 0 Å². The summed E-state index contributed by atoms with van der Waals surface area (Å²) in [4.78, 5) is 0.340. The molecule has 60 valence electrons. The second kappa shape index (κ2) is 2.64. The zero-order chi connectivity index (χ0) is 8.48. The molecule has 1 atom stereocenters. The van der Waals surface area contributed by atoms with Crippen LogP contribution in [0, 0.1) is 0 Å². The van der Waals surface area contributed by atoms with Gasteiger partial charge in [0.1, 0.15) is 10.7 Å². The van der Waals surface area contributed by atoms with Crippen molar-refractivity contribution in [2.45, 2.75) is 12.6 Å². The first-order valence-corrected chi connectivity index (χ1v) is 3.68. The molecule has 0 fully saturated rings. The van der Waals surface area contributed by atoms with Crippen LogP contribution < -0.4 is 16.8 Å². The predicted octanol–water partition coefficient (Wildman–Crippen LogP) is -0.00930. The number of hydrogen-bond acceptors (Lipinski definition) is 3. The van der Waals surface area contributed by atoms with E-state index in [0.29, 0.717) is 4.99 Å². The van der Waals surface area contributed by atoms with E-state index in [9.17, 15) is 0 Å². The smallest absolute Gasteiger partial charge is 0.112 e. The Labute approximate surface area is 71.1 Å².